The predicted octanol–water partition coefficient (Wildman–Crippen LogP) is 2.97. The van der Waals surface area contributed by atoms with Crippen molar-refractivity contribution in [3.63, 3.8) is 0 Å². The van der Waals surface area contributed by atoms with Gasteiger partial charge in [-0.2, -0.15) is 5.10 Å². The molecule has 0 spiro atoms. The van der Waals surface area contributed by atoms with Crippen LogP contribution in [0.2, 0.25) is 0 Å². The van der Waals surface area contributed by atoms with E-state index in [4.69, 9.17) is 5.11 Å². The van der Waals surface area contributed by atoms with E-state index in [1.165, 1.54) is 17.5 Å². The molecule has 0 amide bonds. The van der Waals surface area contributed by atoms with Gasteiger partial charge in [0, 0.05) is 12.6 Å². The lowest BCUT2D eigenvalue weighted by molar-refractivity contribution is -0.136. The van der Waals surface area contributed by atoms with Gasteiger partial charge in [-0.1, -0.05) is 12.1 Å². The van der Waals surface area contributed by atoms with Crippen LogP contribution in [0.3, 0.4) is 0 Å². The van der Waals surface area contributed by atoms with Gasteiger partial charge in [-0.05, 0) is 52.4 Å². The summed E-state index contributed by atoms with van der Waals surface area (Å²) in [4.78, 5) is 10.9. The Morgan fingerprint density at radius 3 is 2.90 bits per heavy atom. The van der Waals surface area contributed by atoms with E-state index in [0.717, 1.165) is 28.6 Å². The van der Waals surface area contributed by atoms with Crippen LogP contribution in [-0.2, 0) is 31.1 Å². The minimum absolute atomic E-state index is 0.0701. The van der Waals surface area contributed by atoms with E-state index in [1.54, 1.807) is 4.68 Å². The second-order valence-electron chi connectivity index (χ2n) is 5.14. The Morgan fingerprint density at radius 1 is 1.40 bits per heavy atom. The number of benzene rings is 1. The first-order chi connectivity index (χ1) is 9.56. The lowest BCUT2D eigenvalue weighted by atomic mass is 10.0. The van der Waals surface area contributed by atoms with E-state index in [9.17, 15) is 4.79 Å². The summed E-state index contributed by atoms with van der Waals surface area (Å²) in [6, 6.07) is 6.47. The Labute approximate surface area is 125 Å². The van der Waals surface area contributed by atoms with Crippen molar-refractivity contribution in [1.82, 2.24) is 9.78 Å². The summed E-state index contributed by atoms with van der Waals surface area (Å²) in [5.41, 5.74) is 5.42. The second kappa shape index (κ2) is 5.05. The Balaban J connectivity index is 2.06. The van der Waals surface area contributed by atoms with Crippen molar-refractivity contribution in [2.75, 3.05) is 0 Å². The van der Waals surface area contributed by atoms with Gasteiger partial charge in [0.25, 0.3) is 0 Å². The van der Waals surface area contributed by atoms with Crippen molar-refractivity contribution in [2.45, 2.75) is 25.7 Å². The van der Waals surface area contributed by atoms with E-state index >= 15 is 0 Å². The number of aromatic nitrogens is 2. The third-order valence-electron chi connectivity index (χ3n) is 3.75. The molecule has 1 heterocycles. The summed E-state index contributed by atoms with van der Waals surface area (Å²) in [6.45, 7) is 0. The number of carbonyl (C=O) groups is 1. The summed E-state index contributed by atoms with van der Waals surface area (Å²) in [5.74, 6) is -0.871. The fraction of sp³-hybridized carbons (Fsp3) is 0.333. The first-order valence-electron chi connectivity index (χ1n) is 6.61. The molecular formula is C15H15BrN2O2. The van der Waals surface area contributed by atoms with E-state index < -0.39 is 5.97 Å². The van der Waals surface area contributed by atoms with Crippen molar-refractivity contribution in [2.24, 2.45) is 7.05 Å². The highest BCUT2D eigenvalue weighted by Gasteiger charge is 2.19. The van der Waals surface area contributed by atoms with Gasteiger partial charge < -0.3 is 5.11 Å². The molecule has 1 aliphatic rings. The number of fused-ring (bicyclic) bond motifs is 1. The maximum absolute atomic E-state index is 10.9. The zero-order chi connectivity index (χ0) is 14.3. The molecule has 1 N–H and O–H groups in total. The summed E-state index contributed by atoms with van der Waals surface area (Å²) in [7, 11) is 1.85. The minimum Gasteiger partial charge on any atom is -0.481 e. The van der Waals surface area contributed by atoms with Crippen molar-refractivity contribution in [1.29, 1.82) is 0 Å². The third-order valence-corrected chi connectivity index (χ3v) is 4.58. The molecule has 5 heteroatoms. The molecule has 0 aliphatic heterocycles. The Morgan fingerprint density at radius 2 is 2.15 bits per heavy atom. The van der Waals surface area contributed by atoms with E-state index in [-0.39, 0.29) is 6.42 Å². The lowest BCUT2D eigenvalue weighted by Crippen LogP contribution is -2.02. The molecule has 3 rings (SSSR count). The van der Waals surface area contributed by atoms with Gasteiger partial charge in [-0.15, -0.1) is 0 Å². The summed E-state index contributed by atoms with van der Waals surface area (Å²) >= 11 is 3.50. The van der Waals surface area contributed by atoms with E-state index in [1.807, 2.05) is 7.05 Å². The van der Waals surface area contributed by atoms with E-state index in [2.05, 4.69) is 39.2 Å². The summed E-state index contributed by atoms with van der Waals surface area (Å²) in [6.07, 6.45) is 3.43. The van der Waals surface area contributed by atoms with Crippen molar-refractivity contribution in [3.05, 3.63) is 39.5 Å². The van der Waals surface area contributed by atoms with Crippen molar-refractivity contribution in [3.8, 4) is 11.3 Å². The first kappa shape index (κ1) is 13.4. The quantitative estimate of drug-likeness (QED) is 0.938. The molecule has 20 heavy (non-hydrogen) atoms. The Bertz CT molecular complexity index is 691. The number of carboxylic acid groups (broad SMARTS) is 1. The third kappa shape index (κ3) is 2.26. The SMILES string of the molecule is Cn1nc(CC(=O)O)c(Br)c1-c1ccc2c(c1)CCC2. The van der Waals surface area contributed by atoms with Crippen molar-refractivity contribution < 1.29 is 9.90 Å². The fourth-order valence-corrected chi connectivity index (χ4v) is 3.55. The first-order valence-corrected chi connectivity index (χ1v) is 7.41. The van der Waals surface area contributed by atoms with Crippen LogP contribution in [0.15, 0.2) is 22.7 Å². The second-order valence-corrected chi connectivity index (χ2v) is 5.93. The number of rotatable bonds is 3. The molecule has 0 atom stereocenters. The maximum Gasteiger partial charge on any atom is 0.309 e. The van der Waals surface area contributed by atoms with Crippen LogP contribution in [0.4, 0.5) is 0 Å². The summed E-state index contributed by atoms with van der Waals surface area (Å²) < 4.78 is 2.53. The van der Waals surface area contributed by atoms with Gasteiger partial charge in [0.2, 0.25) is 0 Å². The van der Waals surface area contributed by atoms with Crippen LogP contribution in [0, 0.1) is 0 Å². The van der Waals surface area contributed by atoms with Crippen molar-refractivity contribution >= 4 is 21.9 Å². The molecule has 1 aromatic heterocycles. The van der Waals surface area contributed by atoms with Crippen LogP contribution in [0.1, 0.15) is 23.2 Å². The Kier molecular flexibility index (Phi) is 3.38. The monoisotopic (exact) mass is 334 g/mol. The summed E-state index contributed by atoms with van der Waals surface area (Å²) in [5, 5.41) is 13.2. The number of halogens is 1. The largest absolute Gasteiger partial charge is 0.481 e. The average molecular weight is 335 g/mol. The lowest BCUT2D eigenvalue weighted by Gasteiger charge is -2.06. The number of aliphatic carboxylic acids is 1. The molecule has 2 aromatic rings. The molecule has 0 unspecified atom stereocenters. The number of aryl methyl sites for hydroxylation is 3. The highest BCUT2D eigenvalue weighted by atomic mass is 79.9. The zero-order valence-electron chi connectivity index (χ0n) is 11.2. The van der Waals surface area contributed by atoms with Crippen LogP contribution in [0.5, 0.6) is 0 Å². The number of hydrogen-bond donors (Lipinski definition) is 1. The molecule has 1 aromatic carbocycles. The molecule has 4 nitrogen and oxygen atoms in total. The van der Waals surface area contributed by atoms with Crippen LogP contribution in [0.25, 0.3) is 11.3 Å². The number of carboxylic acids is 1. The molecule has 1 aliphatic carbocycles. The van der Waals surface area contributed by atoms with Gasteiger partial charge in [-0.3, -0.25) is 9.48 Å². The smallest absolute Gasteiger partial charge is 0.309 e. The van der Waals surface area contributed by atoms with Gasteiger partial charge in [0.05, 0.1) is 22.3 Å². The van der Waals surface area contributed by atoms with Gasteiger partial charge in [-0.25, -0.2) is 0 Å². The molecule has 0 saturated carbocycles. The normalized spacial score (nSPS) is 13.5. The Hall–Kier alpha value is -1.62. The van der Waals surface area contributed by atoms with Crippen LogP contribution in [-0.4, -0.2) is 20.9 Å². The highest BCUT2D eigenvalue weighted by Crippen LogP contribution is 2.34. The maximum atomic E-state index is 10.9. The minimum atomic E-state index is -0.871. The van der Waals surface area contributed by atoms with Gasteiger partial charge in [0.15, 0.2) is 0 Å². The van der Waals surface area contributed by atoms with Crippen LogP contribution >= 0.6 is 15.9 Å². The molecule has 0 fully saturated rings. The van der Waals surface area contributed by atoms with Gasteiger partial charge in [0.1, 0.15) is 0 Å². The fourth-order valence-electron chi connectivity index (χ4n) is 2.84. The molecule has 0 saturated heterocycles. The molecule has 0 radical (unpaired) electrons. The predicted molar refractivity (Wildman–Crippen MR) is 79.7 cm³/mol. The average Bonchev–Trinajstić information content (AvgIpc) is 2.94. The van der Waals surface area contributed by atoms with Gasteiger partial charge >= 0.3 is 5.97 Å². The number of hydrogen-bond acceptors (Lipinski definition) is 2. The number of nitrogens with zero attached hydrogens (tertiary/aromatic N) is 2. The van der Waals surface area contributed by atoms with Crippen LogP contribution < -0.4 is 0 Å². The zero-order valence-corrected chi connectivity index (χ0v) is 12.8. The van der Waals surface area contributed by atoms with E-state index in [0.29, 0.717) is 5.69 Å². The molecule has 104 valence electrons. The molecular weight excluding hydrogens is 320 g/mol. The molecule has 0 bridgehead atoms. The highest BCUT2D eigenvalue weighted by molar-refractivity contribution is 9.10. The topological polar surface area (TPSA) is 55.1 Å². The standard InChI is InChI=1S/C15H15BrN2O2/c1-18-15(14(16)12(17-18)8-13(19)20)11-6-5-9-3-2-4-10(9)7-11/h5-7H,2-4,8H2,1H3,(H,19,20).